The Balaban J connectivity index is 2.10. The number of carbonyl (C=O) groups excluding carboxylic acids is 1. The van der Waals surface area contributed by atoms with E-state index >= 15 is 0 Å². The van der Waals surface area contributed by atoms with E-state index in [-0.39, 0.29) is 23.5 Å². The van der Waals surface area contributed by atoms with Crippen molar-refractivity contribution < 1.29 is 13.2 Å². The second kappa shape index (κ2) is 5.30. The van der Waals surface area contributed by atoms with E-state index in [2.05, 4.69) is 0 Å². The molecule has 0 aliphatic carbocycles. The zero-order chi connectivity index (χ0) is 14.0. The standard InChI is InChI=1S/C13H18N2O3S/c1-15(12-6-7-19(17,18)9-12)13(16)11-4-2-10(8-14)3-5-11/h2-5,12H,6-9,14H2,1H3. The first-order chi connectivity index (χ1) is 8.93. The van der Waals surface area contributed by atoms with Crippen LogP contribution in [0.2, 0.25) is 0 Å². The number of benzene rings is 1. The summed E-state index contributed by atoms with van der Waals surface area (Å²) in [6, 6.07) is 6.86. The van der Waals surface area contributed by atoms with Crippen LogP contribution in [-0.2, 0) is 16.4 Å². The van der Waals surface area contributed by atoms with Crippen molar-refractivity contribution in [1.29, 1.82) is 0 Å². The predicted octanol–water partition coefficient (Wildman–Crippen LogP) is 0.404. The number of rotatable bonds is 3. The second-order valence-corrected chi connectivity index (χ2v) is 7.10. The van der Waals surface area contributed by atoms with E-state index in [1.54, 1.807) is 19.2 Å². The highest BCUT2D eigenvalue weighted by atomic mass is 32.2. The molecule has 0 bridgehead atoms. The molecule has 1 aromatic carbocycles. The largest absolute Gasteiger partial charge is 0.338 e. The van der Waals surface area contributed by atoms with Gasteiger partial charge in [-0.2, -0.15) is 0 Å². The second-order valence-electron chi connectivity index (χ2n) is 4.87. The van der Waals surface area contributed by atoms with Crippen molar-refractivity contribution in [1.82, 2.24) is 4.90 Å². The minimum atomic E-state index is -2.98. The first kappa shape index (κ1) is 14.0. The molecule has 1 heterocycles. The van der Waals surface area contributed by atoms with Crippen molar-refractivity contribution in [2.75, 3.05) is 18.6 Å². The molecule has 1 fully saturated rings. The summed E-state index contributed by atoms with van der Waals surface area (Å²) in [5, 5.41) is 0. The number of nitrogens with zero attached hydrogens (tertiary/aromatic N) is 1. The average Bonchev–Trinajstić information content (AvgIpc) is 2.77. The highest BCUT2D eigenvalue weighted by molar-refractivity contribution is 7.91. The summed E-state index contributed by atoms with van der Waals surface area (Å²) in [7, 11) is -1.32. The fourth-order valence-corrected chi connectivity index (χ4v) is 4.01. The van der Waals surface area contributed by atoms with Gasteiger partial charge in [0.2, 0.25) is 0 Å². The van der Waals surface area contributed by atoms with Gasteiger partial charge in [0.05, 0.1) is 11.5 Å². The summed E-state index contributed by atoms with van der Waals surface area (Å²) in [4.78, 5) is 13.8. The van der Waals surface area contributed by atoms with Gasteiger partial charge in [0.25, 0.3) is 5.91 Å². The summed E-state index contributed by atoms with van der Waals surface area (Å²) in [6.07, 6.45) is 0.519. The molecule has 1 aromatic rings. The number of hydrogen-bond donors (Lipinski definition) is 1. The maximum atomic E-state index is 12.2. The maximum absolute atomic E-state index is 12.2. The summed E-state index contributed by atoms with van der Waals surface area (Å²) >= 11 is 0. The Morgan fingerprint density at radius 3 is 2.47 bits per heavy atom. The Morgan fingerprint density at radius 2 is 2.00 bits per heavy atom. The van der Waals surface area contributed by atoms with Gasteiger partial charge in [-0.25, -0.2) is 8.42 Å². The number of sulfone groups is 1. The van der Waals surface area contributed by atoms with Crippen LogP contribution >= 0.6 is 0 Å². The van der Waals surface area contributed by atoms with Gasteiger partial charge >= 0.3 is 0 Å². The van der Waals surface area contributed by atoms with E-state index in [0.717, 1.165) is 5.56 Å². The lowest BCUT2D eigenvalue weighted by molar-refractivity contribution is 0.0747. The number of amides is 1. The van der Waals surface area contributed by atoms with E-state index in [1.807, 2.05) is 12.1 Å². The lowest BCUT2D eigenvalue weighted by Crippen LogP contribution is -2.37. The van der Waals surface area contributed by atoms with Crippen LogP contribution in [0.1, 0.15) is 22.3 Å². The Morgan fingerprint density at radius 1 is 1.37 bits per heavy atom. The van der Waals surface area contributed by atoms with Crippen molar-refractivity contribution >= 4 is 15.7 Å². The Bertz CT molecular complexity index is 566. The highest BCUT2D eigenvalue weighted by Crippen LogP contribution is 2.18. The van der Waals surface area contributed by atoms with Crippen LogP contribution in [-0.4, -0.2) is 43.8 Å². The van der Waals surface area contributed by atoms with Crippen LogP contribution in [0.5, 0.6) is 0 Å². The third-order valence-electron chi connectivity index (χ3n) is 3.51. The molecule has 1 unspecified atom stereocenters. The molecule has 1 atom stereocenters. The van der Waals surface area contributed by atoms with Crippen LogP contribution in [0.15, 0.2) is 24.3 Å². The van der Waals surface area contributed by atoms with E-state index in [9.17, 15) is 13.2 Å². The minimum absolute atomic E-state index is 0.0656. The molecule has 104 valence electrons. The molecule has 1 amide bonds. The molecule has 0 aromatic heterocycles. The molecule has 19 heavy (non-hydrogen) atoms. The molecular weight excluding hydrogens is 264 g/mol. The van der Waals surface area contributed by atoms with Crippen LogP contribution in [0.3, 0.4) is 0 Å². The molecule has 1 aliphatic heterocycles. The fraction of sp³-hybridized carbons (Fsp3) is 0.462. The molecule has 2 N–H and O–H groups in total. The maximum Gasteiger partial charge on any atom is 0.253 e. The molecular formula is C13H18N2O3S. The topological polar surface area (TPSA) is 80.5 Å². The zero-order valence-electron chi connectivity index (χ0n) is 10.9. The van der Waals surface area contributed by atoms with Gasteiger partial charge in [-0.05, 0) is 24.1 Å². The molecule has 1 aliphatic rings. The van der Waals surface area contributed by atoms with Crippen molar-refractivity contribution in [3.8, 4) is 0 Å². The van der Waals surface area contributed by atoms with E-state index in [1.165, 1.54) is 4.90 Å². The van der Waals surface area contributed by atoms with E-state index in [0.29, 0.717) is 18.5 Å². The van der Waals surface area contributed by atoms with Crippen molar-refractivity contribution in [2.45, 2.75) is 19.0 Å². The predicted molar refractivity (Wildman–Crippen MR) is 73.5 cm³/mol. The van der Waals surface area contributed by atoms with Gasteiger partial charge in [0, 0.05) is 25.2 Å². The van der Waals surface area contributed by atoms with Gasteiger partial charge in [0.15, 0.2) is 9.84 Å². The molecule has 5 nitrogen and oxygen atoms in total. The van der Waals surface area contributed by atoms with Crippen molar-refractivity contribution in [3.63, 3.8) is 0 Å². The smallest absolute Gasteiger partial charge is 0.253 e. The Hall–Kier alpha value is -1.40. The average molecular weight is 282 g/mol. The number of carbonyl (C=O) groups is 1. The number of nitrogens with two attached hydrogens (primary N) is 1. The zero-order valence-corrected chi connectivity index (χ0v) is 11.7. The van der Waals surface area contributed by atoms with Gasteiger partial charge in [-0.15, -0.1) is 0 Å². The van der Waals surface area contributed by atoms with Crippen LogP contribution < -0.4 is 5.73 Å². The SMILES string of the molecule is CN(C(=O)c1ccc(CN)cc1)C1CCS(=O)(=O)C1. The Kier molecular flexibility index (Phi) is 3.91. The summed E-state index contributed by atoms with van der Waals surface area (Å²) in [6.45, 7) is 0.436. The molecule has 0 radical (unpaired) electrons. The first-order valence-corrected chi connectivity index (χ1v) is 8.01. The molecule has 6 heteroatoms. The van der Waals surface area contributed by atoms with Crippen LogP contribution in [0, 0.1) is 0 Å². The lowest BCUT2D eigenvalue weighted by atomic mass is 10.1. The third kappa shape index (κ3) is 3.13. The van der Waals surface area contributed by atoms with Gasteiger partial charge < -0.3 is 10.6 Å². The Labute approximate surface area is 113 Å². The van der Waals surface area contributed by atoms with Crippen molar-refractivity contribution in [2.24, 2.45) is 5.73 Å². The highest BCUT2D eigenvalue weighted by Gasteiger charge is 2.32. The van der Waals surface area contributed by atoms with Gasteiger partial charge in [-0.1, -0.05) is 12.1 Å². The molecule has 0 saturated carbocycles. The van der Waals surface area contributed by atoms with Crippen LogP contribution in [0.4, 0.5) is 0 Å². The van der Waals surface area contributed by atoms with E-state index in [4.69, 9.17) is 5.73 Å². The summed E-state index contributed by atoms with van der Waals surface area (Å²) < 4.78 is 22.9. The molecule has 1 saturated heterocycles. The first-order valence-electron chi connectivity index (χ1n) is 6.19. The van der Waals surface area contributed by atoms with Gasteiger partial charge in [0.1, 0.15) is 0 Å². The molecule has 2 rings (SSSR count). The summed E-state index contributed by atoms with van der Waals surface area (Å²) in [5.41, 5.74) is 7.02. The van der Waals surface area contributed by atoms with Crippen LogP contribution in [0.25, 0.3) is 0 Å². The fourth-order valence-electron chi connectivity index (χ4n) is 2.23. The normalized spacial score (nSPS) is 21.3. The van der Waals surface area contributed by atoms with E-state index < -0.39 is 9.84 Å². The number of hydrogen-bond acceptors (Lipinski definition) is 4. The lowest BCUT2D eigenvalue weighted by Gasteiger charge is -2.23. The van der Waals surface area contributed by atoms with Gasteiger partial charge in [-0.3, -0.25) is 4.79 Å². The molecule has 0 spiro atoms. The quantitative estimate of drug-likeness (QED) is 0.870. The monoisotopic (exact) mass is 282 g/mol. The summed E-state index contributed by atoms with van der Waals surface area (Å²) in [5.74, 6) is 0.0861. The third-order valence-corrected chi connectivity index (χ3v) is 5.26. The minimum Gasteiger partial charge on any atom is -0.338 e. The van der Waals surface area contributed by atoms with Crippen molar-refractivity contribution in [3.05, 3.63) is 35.4 Å².